The molecule has 0 fully saturated rings. The molecule has 0 aliphatic rings. The van der Waals surface area contributed by atoms with Gasteiger partial charge in [-0.25, -0.2) is 4.79 Å². The average molecular weight is 402 g/mol. The second-order valence-corrected chi connectivity index (χ2v) is 6.93. The molecule has 22 heavy (non-hydrogen) atoms. The van der Waals surface area contributed by atoms with Crippen LogP contribution in [0.3, 0.4) is 0 Å². The molecular weight excluding hydrogens is 387 g/mol. The third-order valence-corrected chi connectivity index (χ3v) is 5.19. The summed E-state index contributed by atoms with van der Waals surface area (Å²) in [5.41, 5.74) is 1.60. The fourth-order valence-corrected chi connectivity index (χ4v) is 3.09. The van der Waals surface area contributed by atoms with E-state index in [2.05, 4.69) is 15.9 Å². The highest BCUT2D eigenvalue weighted by Crippen LogP contribution is 2.44. The highest BCUT2D eigenvalue weighted by atomic mass is 79.9. The minimum absolute atomic E-state index is 0.282. The first-order valence-electron chi connectivity index (χ1n) is 6.68. The molecule has 2 atom stereocenters. The van der Waals surface area contributed by atoms with Crippen LogP contribution in [0.1, 0.15) is 24.0 Å². The van der Waals surface area contributed by atoms with Gasteiger partial charge in [0, 0.05) is 15.4 Å². The highest BCUT2D eigenvalue weighted by Gasteiger charge is 2.45. The number of hydrogen-bond donors (Lipinski definition) is 0. The molecule has 0 aliphatic heterocycles. The maximum absolute atomic E-state index is 12.4. The van der Waals surface area contributed by atoms with Crippen molar-refractivity contribution in [3.63, 3.8) is 0 Å². The molecule has 2 unspecified atom stereocenters. The van der Waals surface area contributed by atoms with Crippen LogP contribution in [0.25, 0.3) is 0 Å². The molecular formula is C17H15BrCl2O2. The van der Waals surface area contributed by atoms with Crippen LogP contribution in [0.5, 0.6) is 0 Å². The van der Waals surface area contributed by atoms with E-state index >= 15 is 0 Å². The summed E-state index contributed by atoms with van der Waals surface area (Å²) < 4.78 is 5.92. The second kappa shape index (κ2) is 7.03. The van der Waals surface area contributed by atoms with Gasteiger partial charge in [0.05, 0.1) is 7.11 Å². The SMILES string of the molecule is COC(=O)C(Cl)(c1ccc(Cl)cc1)C(C)c1ccc(Br)cc1. The van der Waals surface area contributed by atoms with Crippen LogP contribution in [-0.4, -0.2) is 13.1 Å². The number of alkyl halides is 1. The maximum Gasteiger partial charge on any atom is 0.332 e. The number of carbonyl (C=O) groups is 1. The van der Waals surface area contributed by atoms with Crippen molar-refractivity contribution in [3.8, 4) is 0 Å². The lowest BCUT2D eigenvalue weighted by molar-refractivity contribution is -0.144. The van der Waals surface area contributed by atoms with Crippen molar-refractivity contribution in [3.05, 3.63) is 69.2 Å². The van der Waals surface area contributed by atoms with E-state index in [1.807, 2.05) is 31.2 Å². The van der Waals surface area contributed by atoms with Crippen molar-refractivity contribution in [1.82, 2.24) is 0 Å². The van der Waals surface area contributed by atoms with Gasteiger partial charge < -0.3 is 4.74 Å². The van der Waals surface area contributed by atoms with Gasteiger partial charge in [0.2, 0.25) is 0 Å². The number of rotatable bonds is 4. The molecule has 116 valence electrons. The van der Waals surface area contributed by atoms with E-state index in [1.165, 1.54) is 7.11 Å². The quantitative estimate of drug-likeness (QED) is 0.498. The van der Waals surface area contributed by atoms with Gasteiger partial charge in [0.1, 0.15) is 0 Å². The van der Waals surface area contributed by atoms with Crippen molar-refractivity contribution in [2.45, 2.75) is 17.7 Å². The Balaban J connectivity index is 2.51. The largest absolute Gasteiger partial charge is 0.467 e. The van der Waals surface area contributed by atoms with E-state index < -0.39 is 10.8 Å². The molecule has 0 bridgehead atoms. The van der Waals surface area contributed by atoms with Crippen molar-refractivity contribution < 1.29 is 9.53 Å². The van der Waals surface area contributed by atoms with Crippen LogP contribution < -0.4 is 0 Å². The molecule has 2 rings (SSSR count). The predicted octanol–water partition coefficient (Wildman–Crippen LogP) is 5.51. The third kappa shape index (κ3) is 3.32. The first-order valence-corrected chi connectivity index (χ1v) is 8.23. The Morgan fingerprint density at radius 1 is 1.14 bits per heavy atom. The predicted molar refractivity (Wildman–Crippen MR) is 93.6 cm³/mol. The summed E-state index contributed by atoms with van der Waals surface area (Å²) in [6.45, 7) is 1.90. The standard InChI is InChI=1S/C17H15BrCl2O2/c1-11(12-3-7-14(18)8-4-12)17(20,16(21)22-2)13-5-9-15(19)10-6-13/h3-11H,1-2H3. The van der Waals surface area contributed by atoms with Gasteiger partial charge in [-0.3, -0.25) is 0 Å². The van der Waals surface area contributed by atoms with Gasteiger partial charge in [-0.1, -0.05) is 58.7 Å². The monoisotopic (exact) mass is 400 g/mol. The lowest BCUT2D eigenvalue weighted by Gasteiger charge is -2.31. The Bertz CT molecular complexity index is 655. The number of benzene rings is 2. The van der Waals surface area contributed by atoms with Gasteiger partial charge in [0.15, 0.2) is 4.87 Å². The van der Waals surface area contributed by atoms with Gasteiger partial charge >= 0.3 is 5.97 Å². The van der Waals surface area contributed by atoms with Crippen LogP contribution in [0.15, 0.2) is 53.0 Å². The molecule has 2 aromatic carbocycles. The Hall–Kier alpha value is -1.03. The maximum atomic E-state index is 12.4. The summed E-state index contributed by atoms with van der Waals surface area (Å²) in [6.07, 6.45) is 0. The van der Waals surface area contributed by atoms with Crippen LogP contribution >= 0.6 is 39.1 Å². The number of methoxy groups -OCH3 is 1. The van der Waals surface area contributed by atoms with E-state index in [-0.39, 0.29) is 5.92 Å². The molecule has 0 radical (unpaired) electrons. The van der Waals surface area contributed by atoms with Crippen LogP contribution in [0.4, 0.5) is 0 Å². The molecule has 0 aliphatic carbocycles. The molecule has 2 aromatic rings. The number of esters is 1. The van der Waals surface area contributed by atoms with Crippen LogP contribution in [0.2, 0.25) is 5.02 Å². The molecule has 0 amide bonds. The summed E-state index contributed by atoms with van der Waals surface area (Å²) in [5, 5.41) is 0.587. The Morgan fingerprint density at radius 3 is 2.18 bits per heavy atom. The minimum atomic E-state index is -1.31. The zero-order valence-electron chi connectivity index (χ0n) is 12.1. The number of hydrogen-bond acceptors (Lipinski definition) is 2. The summed E-state index contributed by atoms with van der Waals surface area (Å²) >= 11 is 16.1. The molecule has 0 N–H and O–H groups in total. The molecule has 0 saturated heterocycles. The van der Waals surface area contributed by atoms with E-state index in [0.29, 0.717) is 10.6 Å². The summed E-state index contributed by atoms with van der Waals surface area (Å²) in [5.74, 6) is -0.775. The summed E-state index contributed by atoms with van der Waals surface area (Å²) in [7, 11) is 1.34. The van der Waals surface area contributed by atoms with Gasteiger partial charge in [-0.15, -0.1) is 11.6 Å². The molecule has 5 heteroatoms. The van der Waals surface area contributed by atoms with E-state index in [0.717, 1.165) is 10.0 Å². The van der Waals surface area contributed by atoms with Gasteiger partial charge in [-0.05, 0) is 35.4 Å². The smallest absolute Gasteiger partial charge is 0.332 e. The zero-order chi connectivity index (χ0) is 16.3. The zero-order valence-corrected chi connectivity index (χ0v) is 15.2. The lowest BCUT2D eigenvalue weighted by atomic mass is 9.82. The van der Waals surface area contributed by atoms with Crippen molar-refractivity contribution in [2.24, 2.45) is 0 Å². The molecule has 2 nitrogen and oxygen atoms in total. The van der Waals surface area contributed by atoms with Gasteiger partial charge in [0.25, 0.3) is 0 Å². The first kappa shape index (κ1) is 17.3. The molecule has 0 spiro atoms. The Morgan fingerprint density at radius 2 is 1.68 bits per heavy atom. The van der Waals surface area contributed by atoms with Crippen molar-refractivity contribution in [1.29, 1.82) is 0 Å². The lowest BCUT2D eigenvalue weighted by Crippen LogP contribution is -2.36. The Labute approximate surface area is 148 Å². The van der Waals surface area contributed by atoms with Crippen LogP contribution in [0, 0.1) is 0 Å². The molecule has 0 aromatic heterocycles. The molecule has 0 saturated carbocycles. The number of carbonyl (C=O) groups excluding carboxylic acids is 1. The third-order valence-electron chi connectivity index (χ3n) is 3.71. The second-order valence-electron chi connectivity index (χ2n) is 4.98. The summed E-state index contributed by atoms with van der Waals surface area (Å²) in [6, 6.07) is 14.6. The van der Waals surface area contributed by atoms with Gasteiger partial charge in [-0.2, -0.15) is 0 Å². The van der Waals surface area contributed by atoms with Crippen molar-refractivity contribution >= 4 is 45.1 Å². The van der Waals surface area contributed by atoms with Crippen LogP contribution in [-0.2, 0) is 14.4 Å². The fraction of sp³-hybridized carbons (Fsp3) is 0.235. The van der Waals surface area contributed by atoms with E-state index in [9.17, 15) is 4.79 Å². The fourth-order valence-electron chi connectivity index (χ4n) is 2.37. The normalized spacial score (nSPS) is 15.0. The number of halogens is 3. The topological polar surface area (TPSA) is 26.3 Å². The number of ether oxygens (including phenoxy) is 1. The van der Waals surface area contributed by atoms with E-state index in [1.54, 1.807) is 24.3 Å². The van der Waals surface area contributed by atoms with Crippen molar-refractivity contribution in [2.75, 3.05) is 7.11 Å². The minimum Gasteiger partial charge on any atom is -0.467 e. The summed E-state index contributed by atoms with van der Waals surface area (Å²) in [4.78, 5) is 11.1. The first-order chi connectivity index (χ1) is 10.4. The average Bonchev–Trinajstić information content (AvgIpc) is 2.54. The Kier molecular flexibility index (Phi) is 5.54. The highest BCUT2D eigenvalue weighted by molar-refractivity contribution is 9.10. The van der Waals surface area contributed by atoms with E-state index in [4.69, 9.17) is 27.9 Å². The molecule has 0 heterocycles.